The van der Waals surface area contributed by atoms with Crippen LogP contribution in [0.15, 0.2) is 91.0 Å². The van der Waals surface area contributed by atoms with Gasteiger partial charge in [-0.3, -0.25) is 4.79 Å². The van der Waals surface area contributed by atoms with Gasteiger partial charge in [0.15, 0.2) is 5.78 Å². The van der Waals surface area contributed by atoms with Gasteiger partial charge in [-0.1, -0.05) is 60.1 Å². The lowest BCUT2D eigenvalue weighted by atomic mass is 10.0. The monoisotopic (exact) mass is 500 g/mol. The minimum Gasteiger partial charge on any atom is -0.493 e. The zero-order valence-electron chi connectivity index (χ0n) is 19.0. The standard InChI is InChI=1S/C29H25ClN2O2S/c30-24-13-10-20(16-25(24)31)27(33)18-32-26(19-6-2-1-3-7-19)14-15-34-21-11-12-23-22-8-4-5-9-28(22)35-29(23)17-21/h1-13,16-17,26,32H,14-15,18,31H2. The van der Waals surface area contributed by atoms with E-state index in [1.807, 2.05) is 24.3 Å². The van der Waals surface area contributed by atoms with E-state index in [-0.39, 0.29) is 18.4 Å². The molecule has 1 aromatic heterocycles. The number of carbonyl (C=O) groups is 1. The number of Topliss-reactive ketones (excluding diaryl/α,β-unsaturated/α-hetero) is 1. The largest absolute Gasteiger partial charge is 0.493 e. The SMILES string of the molecule is Nc1cc(C(=O)CNC(CCOc2ccc3c(c2)sc2ccccc23)c2ccccc2)ccc1Cl. The summed E-state index contributed by atoms with van der Waals surface area (Å²) in [5, 5.41) is 6.38. The number of hydrogen-bond acceptors (Lipinski definition) is 5. The number of hydrogen-bond donors (Lipinski definition) is 2. The van der Waals surface area contributed by atoms with E-state index >= 15 is 0 Å². The van der Waals surface area contributed by atoms with Crippen LogP contribution in [0, 0.1) is 0 Å². The van der Waals surface area contributed by atoms with Gasteiger partial charge in [-0.2, -0.15) is 0 Å². The van der Waals surface area contributed by atoms with E-state index in [1.54, 1.807) is 29.5 Å². The third-order valence-corrected chi connectivity index (χ3v) is 7.53. The van der Waals surface area contributed by atoms with Gasteiger partial charge in [-0.25, -0.2) is 0 Å². The molecule has 1 heterocycles. The van der Waals surface area contributed by atoms with Gasteiger partial charge in [0, 0.05) is 38.2 Å². The van der Waals surface area contributed by atoms with Gasteiger partial charge in [-0.15, -0.1) is 11.3 Å². The Kier molecular flexibility index (Phi) is 7.00. The lowest BCUT2D eigenvalue weighted by Gasteiger charge is -2.19. The second kappa shape index (κ2) is 10.5. The molecule has 0 saturated heterocycles. The number of nitrogen functional groups attached to an aromatic ring is 1. The average Bonchev–Trinajstić information content (AvgIpc) is 3.26. The van der Waals surface area contributed by atoms with E-state index in [1.165, 1.54) is 20.2 Å². The van der Waals surface area contributed by atoms with E-state index in [2.05, 4.69) is 53.8 Å². The quantitative estimate of drug-likeness (QED) is 0.165. The molecule has 3 N–H and O–H groups in total. The van der Waals surface area contributed by atoms with Crippen LogP contribution in [0.1, 0.15) is 28.4 Å². The van der Waals surface area contributed by atoms with Crippen LogP contribution in [-0.2, 0) is 0 Å². The molecule has 4 nitrogen and oxygen atoms in total. The second-order valence-electron chi connectivity index (χ2n) is 8.40. The molecule has 0 saturated carbocycles. The summed E-state index contributed by atoms with van der Waals surface area (Å²) in [5.74, 6) is 0.814. The molecule has 0 amide bonds. The van der Waals surface area contributed by atoms with Crippen LogP contribution >= 0.6 is 22.9 Å². The van der Waals surface area contributed by atoms with E-state index in [0.717, 1.165) is 11.3 Å². The highest BCUT2D eigenvalue weighted by atomic mass is 35.5. The fourth-order valence-electron chi connectivity index (χ4n) is 4.20. The fourth-order valence-corrected chi connectivity index (χ4v) is 5.45. The Bertz CT molecular complexity index is 1480. The number of carbonyl (C=O) groups excluding carboxylic acids is 1. The van der Waals surface area contributed by atoms with Crippen molar-refractivity contribution in [3.8, 4) is 5.75 Å². The molecule has 4 aromatic carbocycles. The van der Waals surface area contributed by atoms with Gasteiger partial charge in [0.25, 0.3) is 0 Å². The molecule has 0 bridgehead atoms. The topological polar surface area (TPSA) is 64.4 Å². The Hall–Kier alpha value is -3.38. The smallest absolute Gasteiger partial charge is 0.176 e. The molecule has 176 valence electrons. The first-order valence-corrected chi connectivity index (χ1v) is 12.7. The number of fused-ring (bicyclic) bond motifs is 3. The molecule has 0 aliphatic heterocycles. The number of anilines is 1. The number of benzene rings is 4. The maximum Gasteiger partial charge on any atom is 0.176 e. The Balaban J connectivity index is 1.25. The molecule has 1 atom stereocenters. The minimum atomic E-state index is -0.0366. The van der Waals surface area contributed by atoms with Gasteiger partial charge >= 0.3 is 0 Å². The highest BCUT2D eigenvalue weighted by Gasteiger charge is 2.15. The van der Waals surface area contributed by atoms with Crippen LogP contribution in [0.5, 0.6) is 5.75 Å². The lowest BCUT2D eigenvalue weighted by molar-refractivity contribution is 0.0985. The van der Waals surface area contributed by atoms with E-state index in [0.29, 0.717) is 29.3 Å². The van der Waals surface area contributed by atoms with Crippen molar-refractivity contribution < 1.29 is 9.53 Å². The number of thiophene rings is 1. The van der Waals surface area contributed by atoms with Gasteiger partial charge in [0.2, 0.25) is 0 Å². The fraction of sp³-hybridized carbons (Fsp3) is 0.138. The number of rotatable bonds is 9. The molecule has 0 aliphatic carbocycles. The van der Waals surface area contributed by atoms with Crippen LogP contribution in [0.2, 0.25) is 5.02 Å². The molecular weight excluding hydrogens is 476 g/mol. The minimum absolute atomic E-state index is 0.0298. The number of nitrogens with two attached hydrogens (primary N) is 1. The number of halogens is 1. The summed E-state index contributed by atoms with van der Waals surface area (Å²) in [6.45, 7) is 0.708. The van der Waals surface area contributed by atoms with Crippen LogP contribution in [-0.4, -0.2) is 18.9 Å². The maximum absolute atomic E-state index is 12.7. The predicted octanol–water partition coefficient (Wildman–Crippen LogP) is 7.27. The Morgan fingerprint density at radius 1 is 0.914 bits per heavy atom. The Morgan fingerprint density at radius 2 is 1.69 bits per heavy atom. The summed E-state index contributed by atoms with van der Waals surface area (Å²) in [5.41, 5.74) is 7.92. The first-order chi connectivity index (χ1) is 17.1. The highest BCUT2D eigenvalue weighted by molar-refractivity contribution is 7.25. The van der Waals surface area contributed by atoms with Crippen molar-refractivity contribution >= 4 is 54.6 Å². The number of ether oxygens (including phenoxy) is 1. The Morgan fingerprint density at radius 3 is 2.51 bits per heavy atom. The van der Waals surface area contributed by atoms with Crippen LogP contribution < -0.4 is 15.8 Å². The summed E-state index contributed by atoms with van der Waals surface area (Å²) >= 11 is 7.76. The highest BCUT2D eigenvalue weighted by Crippen LogP contribution is 2.35. The first-order valence-electron chi connectivity index (χ1n) is 11.5. The molecule has 0 spiro atoms. The zero-order valence-corrected chi connectivity index (χ0v) is 20.6. The molecule has 35 heavy (non-hydrogen) atoms. The molecule has 5 aromatic rings. The third-order valence-electron chi connectivity index (χ3n) is 6.05. The van der Waals surface area contributed by atoms with Crippen LogP contribution in [0.3, 0.4) is 0 Å². The zero-order chi connectivity index (χ0) is 24.2. The van der Waals surface area contributed by atoms with Crippen molar-refractivity contribution in [2.24, 2.45) is 0 Å². The van der Waals surface area contributed by atoms with Gasteiger partial charge in [0.05, 0.1) is 23.9 Å². The summed E-state index contributed by atoms with van der Waals surface area (Å²) < 4.78 is 8.63. The molecule has 1 unspecified atom stereocenters. The summed E-state index contributed by atoms with van der Waals surface area (Å²) in [4.78, 5) is 12.7. The van der Waals surface area contributed by atoms with Crippen molar-refractivity contribution in [3.63, 3.8) is 0 Å². The molecule has 0 fully saturated rings. The predicted molar refractivity (Wildman–Crippen MR) is 147 cm³/mol. The van der Waals surface area contributed by atoms with Gasteiger partial charge in [0.1, 0.15) is 5.75 Å². The maximum atomic E-state index is 12.7. The van der Waals surface area contributed by atoms with Crippen molar-refractivity contribution in [1.82, 2.24) is 5.32 Å². The first kappa shape index (κ1) is 23.4. The molecule has 5 rings (SSSR count). The van der Waals surface area contributed by atoms with E-state index in [4.69, 9.17) is 22.1 Å². The van der Waals surface area contributed by atoms with E-state index in [9.17, 15) is 4.79 Å². The average molecular weight is 501 g/mol. The van der Waals surface area contributed by atoms with Crippen LogP contribution in [0.4, 0.5) is 5.69 Å². The van der Waals surface area contributed by atoms with Crippen molar-refractivity contribution in [2.75, 3.05) is 18.9 Å². The third kappa shape index (κ3) is 5.33. The molecule has 6 heteroatoms. The molecule has 0 radical (unpaired) electrons. The second-order valence-corrected chi connectivity index (χ2v) is 9.89. The van der Waals surface area contributed by atoms with Crippen LogP contribution in [0.25, 0.3) is 20.2 Å². The Labute approximate surface area is 213 Å². The van der Waals surface area contributed by atoms with E-state index < -0.39 is 0 Å². The molecule has 0 aliphatic rings. The van der Waals surface area contributed by atoms with Gasteiger partial charge in [-0.05, 0) is 48.0 Å². The number of ketones is 1. The van der Waals surface area contributed by atoms with Gasteiger partial charge < -0.3 is 15.8 Å². The summed E-state index contributed by atoms with van der Waals surface area (Å²) in [6.07, 6.45) is 0.713. The molecular formula is C29H25ClN2O2S. The lowest BCUT2D eigenvalue weighted by Crippen LogP contribution is -2.29. The number of nitrogens with one attached hydrogen (secondary N) is 1. The van der Waals surface area contributed by atoms with Crippen molar-refractivity contribution in [2.45, 2.75) is 12.5 Å². The normalized spacial score (nSPS) is 12.1. The summed E-state index contributed by atoms with van der Waals surface area (Å²) in [6, 6.07) is 29.8. The summed E-state index contributed by atoms with van der Waals surface area (Å²) in [7, 11) is 0. The van der Waals surface area contributed by atoms with Crippen molar-refractivity contribution in [3.05, 3.63) is 107 Å². The van der Waals surface area contributed by atoms with Crippen molar-refractivity contribution in [1.29, 1.82) is 0 Å².